The molecule has 33 heavy (non-hydrogen) atoms. The van der Waals surface area contributed by atoms with Crippen LogP contribution in [0.1, 0.15) is 32.2 Å². The van der Waals surface area contributed by atoms with E-state index in [-0.39, 0.29) is 12.4 Å². The van der Waals surface area contributed by atoms with Gasteiger partial charge in [-0.15, -0.1) is 0 Å². The van der Waals surface area contributed by atoms with E-state index in [2.05, 4.69) is 15.2 Å². The Morgan fingerprint density at radius 2 is 1.79 bits per heavy atom. The van der Waals surface area contributed by atoms with E-state index in [1.165, 1.54) is 7.11 Å². The number of aromatic nitrogens is 2. The van der Waals surface area contributed by atoms with Crippen LogP contribution < -0.4 is 10.1 Å². The van der Waals surface area contributed by atoms with Gasteiger partial charge in [0, 0.05) is 17.3 Å². The van der Waals surface area contributed by atoms with Crippen molar-refractivity contribution in [1.29, 1.82) is 0 Å². The molecule has 0 aliphatic rings. The van der Waals surface area contributed by atoms with Gasteiger partial charge in [0.05, 0.1) is 19.2 Å². The first-order valence-electron chi connectivity index (χ1n) is 9.99. The number of carbonyl (C=O) groups is 2. The molecule has 0 atom stereocenters. The number of anilines is 1. The highest BCUT2D eigenvalue weighted by Gasteiger charge is 2.14. The molecule has 1 N–H and O–H groups in total. The van der Waals surface area contributed by atoms with Crippen LogP contribution in [0.2, 0.25) is 5.02 Å². The number of hydrogen-bond donors (Lipinski definition) is 1. The third kappa shape index (κ3) is 5.81. The summed E-state index contributed by atoms with van der Waals surface area (Å²) in [6, 6.07) is 18.9. The number of nitrogens with zero attached hydrogens (tertiary/aromatic N) is 2. The molecule has 0 spiro atoms. The van der Waals surface area contributed by atoms with Gasteiger partial charge in [-0.3, -0.25) is 9.48 Å². The van der Waals surface area contributed by atoms with Gasteiger partial charge in [-0.2, -0.15) is 5.10 Å². The summed E-state index contributed by atoms with van der Waals surface area (Å²) in [6.07, 6.45) is 1.77. The highest BCUT2D eigenvalue weighted by Crippen LogP contribution is 2.17. The third-order valence-electron chi connectivity index (χ3n) is 4.68. The molecular weight excluding hydrogens is 446 g/mol. The predicted octanol–water partition coefficient (Wildman–Crippen LogP) is 4.80. The van der Waals surface area contributed by atoms with Crippen molar-refractivity contribution in [3.63, 3.8) is 0 Å². The first-order chi connectivity index (χ1) is 16.0. The molecule has 168 valence electrons. The summed E-state index contributed by atoms with van der Waals surface area (Å²) in [5.41, 5.74) is 1.47. The Morgan fingerprint density at radius 1 is 1.03 bits per heavy atom. The maximum absolute atomic E-state index is 12.5. The van der Waals surface area contributed by atoms with Crippen LogP contribution in [0.15, 0.2) is 77.3 Å². The van der Waals surface area contributed by atoms with Crippen LogP contribution in [0.4, 0.5) is 5.82 Å². The monoisotopic (exact) mass is 465 g/mol. The first-order valence-corrected chi connectivity index (χ1v) is 10.4. The molecule has 4 aromatic rings. The molecule has 0 saturated heterocycles. The minimum atomic E-state index is -0.418. The zero-order chi connectivity index (χ0) is 23.2. The molecule has 0 unspecified atom stereocenters. The molecule has 2 aromatic heterocycles. The first kappa shape index (κ1) is 22.2. The molecule has 1 amide bonds. The molecule has 2 aromatic carbocycles. The molecule has 8 nitrogen and oxygen atoms in total. The molecule has 0 radical (unpaired) electrons. The second kappa shape index (κ2) is 10.1. The highest BCUT2D eigenvalue weighted by atomic mass is 35.5. The van der Waals surface area contributed by atoms with Crippen molar-refractivity contribution in [2.24, 2.45) is 0 Å². The molecule has 0 aliphatic heterocycles. The van der Waals surface area contributed by atoms with Crippen LogP contribution in [0, 0.1) is 0 Å². The lowest BCUT2D eigenvalue weighted by Crippen LogP contribution is -2.12. The smallest absolute Gasteiger partial charge is 0.337 e. The summed E-state index contributed by atoms with van der Waals surface area (Å²) in [7, 11) is 1.32. The van der Waals surface area contributed by atoms with Crippen molar-refractivity contribution in [2.45, 2.75) is 13.2 Å². The van der Waals surface area contributed by atoms with Gasteiger partial charge in [0.25, 0.3) is 5.91 Å². The number of ether oxygens (including phenoxy) is 2. The van der Waals surface area contributed by atoms with E-state index in [4.69, 9.17) is 20.8 Å². The molecule has 9 heteroatoms. The number of esters is 1. The van der Waals surface area contributed by atoms with Gasteiger partial charge in [0.2, 0.25) is 0 Å². The van der Waals surface area contributed by atoms with Crippen LogP contribution in [0.3, 0.4) is 0 Å². The Morgan fingerprint density at radius 3 is 2.52 bits per heavy atom. The lowest BCUT2D eigenvalue weighted by molar-refractivity contribution is 0.0600. The summed E-state index contributed by atoms with van der Waals surface area (Å²) >= 11 is 5.91. The van der Waals surface area contributed by atoms with Crippen LogP contribution in [0.25, 0.3) is 0 Å². The fourth-order valence-corrected chi connectivity index (χ4v) is 3.13. The van der Waals surface area contributed by atoms with Crippen LogP contribution in [-0.2, 0) is 17.9 Å². The fraction of sp³-hybridized carbons (Fsp3) is 0.125. The van der Waals surface area contributed by atoms with E-state index < -0.39 is 11.9 Å². The topological polar surface area (TPSA) is 95.6 Å². The molecule has 0 saturated carbocycles. The lowest BCUT2D eigenvalue weighted by Gasteiger charge is -2.05. The molecule has 0 fully saturated rings. The fourth-order valence-electron chi connectivity index (χ4n) is 3.01. The van der Waals surface area contributed by atoms with E-state index in [9.17, 15) is 9.59 Å². The molecular formula is C24H20ClN3O5. The Balaban J connectivity index is 1.30. The minimum Gasteiger partial charge on any atom is -0.486 e. The summed E-state index contributed by atoms with van der Waals surface area (Å²) < 4.78 is 17.6. The molecule has 4 rings (SSSR count). The largest absolute Gasteiger partial charge is 0.486 e. The van der Waals surface area contributed by atoms with E-state index in [1.54, 1.807) is 53.3 Å². The van der Waals surface area contributed by atoms with E-state index in [0.717, 1.165) is 5.56 Å². The zero-order valence-electron chi connectivity index (χ0n) is 17.7. The normalized spacial score (nSPS) is 10.6. The molecule has 0 bridgehead atoms. The van der Waals surface area contributed by atoms with Crippen molar-refractivity contribution in [3.05, 3.63) is 101 Å². The van der Waals surface area contributed by atoms with Gasteiger partial charge in [0.15, 0.2) is 11.6 Å². The number of hydrogen-bond acceptors (Lipinski definition) is 6. The number of nitrogens with one attached hydrogen (secondary N) is 1. The summed E-state index contributed by atoms with van der Waals surface area (Å²) in [5, 5.41) is 7.74. The highest BCUT2D eigenvalue weighted by molar-refractivity contribution is 6.30. The van der Waals surface area contributed by atoms with Crippen LogP contribution in [-0.4, -0.2) is 28.8 Å². The quantitative estimate of drug-likeness (QED) is 0.376. The average Bonchev–Trinajstić information content (AvgIpc) is 3.48. The van der Waals surface area contributed by atoms with E-state index in [1.807, 2.05) is 24.3 Å². The van der Waals surface area contributed by atoms with Crippen molar-refractivity contribution in [2.75, 3.05) is 12.4 Å². The number of rotatable bonds is 8. The number of benzene rings is 2. The van der Waals surface area contributed by atoms with E-state index >= 15 is 0 Å². The lowest BCUT2D eigenvalue weighted by atomic mass is 10.2. The van der Waals surface area contributed by atoms with Gasteiger partial charge in [-0.25, -0.2) is 4.79 Å². The van der Waals surface area contributed by atoms with Gasteiger partial charge in [-0.1, -0.05) is 23.7 Å². The second-order valence-corrected chi connectivity index (χ2v) is 7.49. The van der Waals surface area contributed by atoms with Crippen molar-refractivity contribution in [1.82, 2.24) is 9.78 Å². The maximum atomic E-state index is 12.5. The SMILES string of the molecule is COC(=O)c1ccc(OCc2ccc(C(=O)Nc3ccn(Cc4ccc(Cl)cc4)n3)o2)cc1. The van der Waals surface area contributed by atoms with Crippen molar-refractivity contribution < 1.29 is 23.5 Å². The Bertz CT molecular complexity index is 1250. The van der Waals surface area contributed by atoms with Gasteiger partial charge in [-0.05, 0) is 54.1 Å². The van der Waals surface area contributed by atoms with Crippen LogP contribution >= 0.6 is 11.6 Å². The Labute approximate surface area is 194 Å². The van der Waals surface area contributed by atoms with Gasteiger partial charge < -0.3 is 19.2 Å². The number of halogens is 1. The molecule has 2 heterocycles. The number of carbonyl (C=O) groups excluding carboxylic acids is 2. The van der Waals surface area contributed by atoms with Gasteiger partial charge >= 0.3 is 5.97 Å². The Hall–Kier alpha value is -4.04. The summed E-state index contributed by atoms with van der Waals surface area (Å²) in [4.78, 5) is 24.0. The maximum Gasteiger partial charge on any atom is 0.337 e. The van der Waals surface area contributed by atoms with E-state index in [0.29, 0.717) is 34.5 Å². The Kier molecular flexibility index (Phi) is 6.75. The molecule has 0 aliphatic carbocycles. The number of amides is 1. The summed E-state index contributed by atoms with van der Waals surface area (Å²) in [5.74, 6) is 0.746. The number of furan rings is 1. The standard InChI is InChI=1S/C24H20ClN3O5/c1-31-24(30)17-4-8-19(9-5-17)32-15-20-10-11-21(33-20)23(29)26-22-12-13-28(27-22)14-16-2-6-18(25)7-3-16/h2-13H,14-15H2,1H3,(H,26,27,29). The predicted molar refractivity (Wildman–Crippen MR) is 122 cm³/mol. The number of methoxy groups -OCH3 is 1. The minimum absolute atomic E-state index is 0.126. The van der Waals surface area contributed by atoms with Crippen LogP contribution in [0.5, 0.6) is 5.75 Å². The third-order valence-corrected chi connectivity index (χ3v) is 4.93. The zero-order valence-corrected chi connectivity index (χ0v) is 18.4. The van der Waals surface area contributed by atoms with Gasteiger partial charge in [0.1, 0.15) is 18.1 Å². The average molecular weight is 466 g/mol. The van der Waals surface area contributed by atoms with Crippen molar-refractivity contribution >= 4 is 29.3 Å². The second-order valence-electron chi connectivity index (χ2n) is 7.05. The summed E-state index contributed by atoms with van der Waals surface area (Å²) in [6.45, 7) is 0.677. The van der Waals surface area contributed by atoms with Crippen molar-refractivity contribution in [3.8, 4) is 5.75 Å².